The number of benzene rings is 3. The first-order valence-corrected chi connectivity index (χ1v) is 11.9. The molecule has 0 aliphatic carbocycles. The molecular formula is C23H23N3O2S2. The van der Waals surface area contributed by atoms with Gasteiger partial charge in [0, 0.05) is 29.9 Å². The number of para-hydroxylation sites is 1. The fraction of sp³-hybridized carbons (Fsp3) is 0.174. The van der Waals surface area contributed by atoms with Gasteiger partial charge in [-0.25, -0.2) is 8.42 Å². The minimum absolute atomic E-state index is 0.236. The highest BCUT2D eigenvalue weighted by Crippen LogP contribution is 2.31. The zero-order valence-electron chi connectivity index (χ0n) is 17.0. The number of rotatable bonds is 5. The smallest absolute Gasteiger partial charge is 0.243 e. The molecule has 0 aromatic heterocycles. The van der Waals surface area contributed by atoms with Crippen LogP contribution in [-0.4, -0.2) is 28.0 Å². The molecule has 7 heteroatoms. The monoisotopic (exact) mass is 437 g/mol. The molecule has 1 N–H and O–H groups in total. The molecule has 4 rings (SSSR count). The van der Waals surface area contributed by atoms with Crippen molar-refractivity contribution in [2.45, 2.75) is 17.3 Å². The normalized spacial score (nSPS) is 16.0. The molecule has 3 aromatic rings. The van der Waals surface area contributed by atoms with E-state index in [4.69, 9.17) is 0 Å². The maximum atomic E-state index is 12.9. The molecule has 0 spiro atoms. The fourth-order valence-corrected chi connectivity index (χ4v) is 5.69. The van der Waals surface area contributed by atoms with Gasteiger partial charge in [-0.3, -0.25) is 4.99 Å². The molecule has 3 aromatic carbocycles. The second kappa shape index (κ2) is 8.26. The lowest BCUT2D eigenvalue weighted by atomic mass is 10.1. The van der Waals surface area contributed by atoms with E-state index in [-0.39, 0.29) is 4.90 Å². The van der Waals surface area contributed by atoms with Crippen molar-refractivity contribution in [2.75, 3.05) is 19.0 Å². The average molecular weight is 438 g/mol. The van der Waals surface area contributed by atoms with Gasteiger partial charge in [-0.15, -0.1) is 0 Å². The second-order valence-corrected chi connectivity index (χ2v) is 10.1. The van der Waals surface area contributed by atoms with Crippen molar-refractivity contribution in [3.05, 3.63) is 94.5 Å². The van der Waals surface area contributed by atoms with Gasteiger partial charge in [-0.05, 0) is 42.8 Å². The first-order valence-electron chi connectivity index (χ1n) is 9.54. The summed E-state index contributed by atoms with van der Waals surface area (Å²) in [6.45, 7) is 1.93. The Morgan fingerprint density at radius 2 is 1.60 bits per heavy atom. The minimum Gasteiger partial charge on any atom is -0.378 e. The fourth-order valence-electron chi connectivity index (χ4n) is 3.21. The summed E-state index contributed by atoms with van der Waals surface area (Å²) < 4.78 is 28.5. The molecule has 1 aliphatic rings. The van der Waals surface area contributed by atoms with Crippen molar-refractivity contribution in [2.24, 2.45) is 4.99 Å². The maximum absolute atomic E-state index is 12.9. The number of nitrogens with one attached hydrogen (secondary N) is 1. The van der Waals surface area contributed by atoms with Gasteiger partial charge in [0.1, 0.15) is 0 Å². The summed E-state index contributed by atoms with van der Waals surface area (Å²) in [5, 5.41) is 1.78. The van der Waals surface area contributed by atoms with Crippen LogP contribution in [0, 0.1) is 6.92 Å². The van der Waals surface area contributed by atoms with Crippen molar-refractivity contribution < 1.29 is 8.42 Å². The van der Waals surface area contributed by atoms with Crippen molar-refractivity contribution in [1.29, 1.82) is 0 Å². The molecule has 1 aliphatic heterocycles. The molecule has 0 fully saturated rings. The largest absolute Gasteiger partial charge is 0.378 e. The van der Waals surface area contributed by atoms with E-state index in [1.54, 1.807) is 24.3 Å². The highest BCUT2D eigenvalue weighted by molar-refractivity contribution is 8.09. The lowest BCUT2D eigenvalue weighted by molar-refractivity contribution is 0.579. The Hall–Kier alpha value is -2.61. The molecule has 0 saturated heterocycles. The van der Waals surface area contributed by atoms with Crippen LogP contribution in [0.3, 0.4) is 0 Å². The third-order valence-corrected chi connectivity index (χ3v) is 7.58. The summed E-state index contributed by atoms with van der Waals surface area (Å²) in [5.74, 6) is 0. The third-order valence-electron chi connectivity index (χ3n) is 4.87. The first kappa shape index (κ1) is 20.7. The van der Waals surface area contributed by atoms with Gasteiger partial charge in [0.25, 0.3) is 0 Å². The first-order chi connectivity index (χ1) is 14.3. The topological polar surface area (TPSA) is 61.8 Å². The molecule has 154 valence electrons. The summed E-state index contributed by atoms with van der Waals surface area (Å²) in [6, 6.07) is 22.9. The van der Waals surface area contributed by atoms with Gasteiger partial charge in [0.2, 0.25) is 10.0 Å². The summed E-state index contributed by atoms with van der Waals surface area (Å²) in [7, 11) is 0.316. The van der Waals surface area contributed by atoms with Crippen LogP contribution in [0.15, 0.2) is 82.7 Å². The quantitative estimate of drug-likeness (QED) is 0.667. The van der Waals surface area contributed by atoms with Crippen LogP contribution in [0.5, 0.6) is 0 Å². The molecule has 1 atom stereocenters. The molecule has 0 saturated carbocycles. The van der Waals surface area contributed by atoms with E-state index in [2.05, 4.69) is 34.0 Å². The molecule has 0 bridgehead atoms. The number of anilines is 1. The van der Waals surface area contributed by atoms with Gasteiger partial charge in [-0.1, -0.05) is 59.8 Å². The van der Waals surface area contributed by atoms with Crippen LogP contribution >= 0.6 is 11.8 Å². The minimum atomic E-state index is -3.69. The predicted octanol–water partition coefficient (Wildman–Crippen LogP) is 2.85. The van der Waals surface area contributed by atoms with Crippen LogP contribution in [0.25, 0.3) is 4.91 Å². The standard InChI is InChI=1S/C23H23N3O2S2/c1-16-8-14-19(15-9-16)30(27,28)25-23-24-21-7-5-4-6-20(21)22(29-23)17-10-12-18(13-11-17)26(2)3/h4-15,23,25H,1-3H3. The lowest BCUT2D eigenvalue weighted by Gasteiger charge is -2.21. The number of hydrogen-bond donors (Lipinski definition) is 1. The Bertz CT molecular complexity index is 1280. The van der Waals surface area contributed by atoms with Crippen molar-refractivity contribution in [1.82, 2.24) is 4.72 Å². The van der Waals surface area contributed by atoms with Gasteiger partial charge in [0.05, 0.1) is 10.3 Å². The van der Waals surface area contributed by atoms with Gasteiger partial charge >= 0.3 is 0 Å². The Kier molecular flexibility index (Phi) is 5.69. The lowest BCUT2D eigenvalue weighted by Crippen LogP contribution is -2.39. The summed E-state index contributed by atoms with van der Waals surface area (Å²) >= 11 is 1.41. The SMILES string of the molecule is Cc1ccc(S(=O)(=O)NC2N=c3ccccc3=C(c3ccc(N(C)C)cc3)S2)cc1. The number of nitrogens with zero attached hydrogens (tertiary/aromatic N) is 2. The Morgan fingerprint density at radius 3 is 2.27 bits per heavy atom. The number of hydrogen-bond acceptors (Lipinski definition) is 5. The molecule has 0 amide bonds. The van der Waals surface area contributed by atoms with Gasteiger partial charge in [0.15, 0.2) is 5.50 Å². The zero-order valence-corrected chi connectivity index (χ0v) is 18.7. The molecule has 0 radical (unpaired) electrons. The van der Waals surface area contributed by atoms with Gasteiger partial charge < -0.3 is 4.90 Å². The summed E-state index contributed by atoms with van der Waals surface area (Å²) in [5.41, 5.74) is 2.51. The van der Waals surface area contributed by atoms with Crippen LogP contribution in [-0.2, 0) is 10.0 Å². The van der Waals surface area contributed by atoms with E-state index in [1.807, 2.05) is 50.2 Å². The molecular weight excluding hydrogens is 414 g/mol. The number of thioether (sulfide) groups is 1. The Labute approximate surface area is 181 Å². The summed E-state index contributed by atoms with van der Waals surface area (Å²) in [6.07, 6.45) is 0. The maximum Gasteiger partial charge on any atom is 0.243 e. The molecule has 30 heavy (non-hydrogen) atoms. The van der Waals surface area contributed by atoms with E-state index in [1.165, 1.54) is 11.8 Å². The van der Waals surface area contributed by atoms with Crippen molar-refractivity contribution >= 4 is 32.4 Å². The third kappa shape index (κ3) is 4.28. The number of aryl methyl sites for hydroxylation is 1. The Balaban J connectivity index is 1.71. The number of sulfonamides is 1. The zero-order chi connectivity index (χ0) is 21.3. The van der Waals surface area contributed by atoms with Crippen LogP contribution in [0.1, 0.15) is 11.1 Å². The van der Waals surface area contributed by atoms with Crippen molar-refractivity contribution in [3.8, 4) is 0 Å². The van der Waals surface area contributed by atoms with E-state index < -0.39 is 15.5 Å². The van der Waals surface area contributed by atoms with E-state index in [0.717, 1.165) is 32.3 Å². The number of fused-ring (bicyclic) bond motifs is 1. The van der Waals surface area contributed by atoms with E-state index in [0.29, 0.717) is 0 Å². The average Bonchev–Trinajstić information content (AvgIpc) is 2.73. The van der Waals surface area contributed by atoms with Crippen LogP contribution in [0.4, 0.5) is 5.69 Å². The predicted molar refractivity (Wildman–Crippen MR) is 123 cm³/mol. The molecule has 1 unspecified atom stereocenters. The van der Waals surface area contributed by atoms with Crippen LogP contribution < -0.4 is 20.2 Å². The second-order valence-electron chi connectivity index (χ2n) is 7.32. The van der Waals surface area contributed by atoms with Crippen molar-refractivity contribution in [3.63, 3.8) is 0 Å². The van der Waals surface area contributed by atoms with Gasteiger partial charge in [-0.2, -0.15) is 4.72 Å². The van der Waals surface area contributed by atoms with Crippen LogP contribution in [0.2, 0.25) is 0 Å². The molecule has 1 heterocycles. The Morgan fingerprint density at radius 1 is 0.933 bits per heavy atom. The van der Waals surface area contributed by atoms with E-state index in [9.17, 15) is 8.42 Å². The van der Waals surface area contributed by atoms with E-state index >= 15 is 0 Å². The summed E-state index contributed by atoms with van der Waals surface area (Å²) in [4.78, 5) is 7.92. The highest BCUT2D eigenvalue weighted by Gasteiger charge is 2.24. The molecule has 5 nitrogen and oxygen atoms in total. The highest BCUT2D eigenvalue weighted by atomic mass is 32.2.